The van der Waals surface area contributed by atoms with Crippen LogP contribution in [0.2, 0.25) is 0 Å². The quantitative estimate of drug-likeness (QED) is 0.496. The fraction of sp³-hybridized carbons (Fsp3) is 0. The Hall–Kier alpha value is -2.78. The number of aliphatic imine (C=N–C) groups is 1. The van der Waals surface area contributed by atoms with Gasteiger partial charge >= 0.3 is 0 Å². The monoisotopic (exact) mass is 281 g/mol. The van der Waals surface area contributed by atoms with E-state index >= 15 is 0 Å². The van der Waals surface area contributed by atoms with Crippen LogP contribution < -0.4 is 4.72 Å². The van der Waals surface area contributed by atoms with Crippen molar-refractivity contribution in [1.29, 1.82) is 5.26 Å². The van der Waals surface area contributed by atoms with E-state index in [0.29, 0.717) is 6.07 Å². The van der Waals surface area contributed by atoms with Gasteiger partial charge in [-0.2, -0.15) is 10.3 Å². The first kappa shape index (κ1) is 14.3. The number of nitriles is 1. The third kappa shape index (κ3) is 3.59. The van der Waals surface area contributed by atoms with Crippen molar-refractivity contribution in [1.82, 2.24) is 0 Å². The number of carbonyl (C=O) groups excluding carboxylic acids is 2. The fourth-order valence-electron chi connectivity index (χ4n) is 1.12. The minimum absolute atomic E-state index is 0.195. The van der Waals surface area contributed by atoms with Crippen LogP contribution in [0.4, 0.5) is 15.8 Å². The summed E-state index contributed by atoms with van der Waals surface area (Å²) in [4.78, 5) is 23.1. The van der Waals surface area contributed by atoms with Gasteiger partial charge in [-0.1, -0.05) is 0 Å². The zero-order valence-corrected chi connectivity index (χ0v) is 9.86. The summed E-state index contributed by atoms with van der Waals surface area (Å²) >= 11 is 0. The van der Waals surface area contributed by atoms with Gasteiger partial charge in [0.05, 0.1) is 11.3 Å². The molecule has 1 aromatic rings. The highest BCUT2D eigenvalue weighted by molar-refractivity contribution is 7.95. The number of rotatable bonds is 4. The molecule has 0 radical (unpaired) electrons. The molecule has 0 aliphatic rings. The number of halogens is 1. The lowest BCUT2D eigenvalue weighted by Gasteiger charge is -2.06. The first-order valence-electron chi connectivity index (χ1n) is 4.48. The first-order valence-corrected chi connectivity index (χ1v) is 6.03. The van der Waals surface area contributed by atoms with Crippen molar-refractivity contribution >= 4 is 33.4 Å². The molecular weight excluding hydrogens is 277 g/mol. The highest BCUT2D eigenvalue weighted by atomic mass is 32.2. The molecule has 9 heteroatoms. The van der Waals surface area contributed by atoms with Gasteiger partial charge in [-0.25, -0.2) is 22.4 Å². The zero-order chi connectivity index (χ0) is 14.5. The van der Waals surface area contributed by atoms with Gasteiger partial charge in [0.15, 0.2) is 5.82 Å². The third-order valence-corrected chi connectivity index (χ3v) is 2.74. The smallest absolute Gasteiger partial charge is 0.265 e. The SMILES string of the molecule is N#Cc1cc(F)c(N=C=O)cc1NS(=O)(=O)C=C=O. The maximum absolute atomic E-state index is 13.3. The Morgan fingerprint density at radius 3 is 2.58 bits per heavy atom. The molecule has 0 amide bonds. The number of hydrogen-bond acceptors (Lipinski definition) is 6. The van der Waals surface area contributed by atoms with Crippen molar-refractivity contribution in [2.75, 3.05) is 4.72 Å². The highest BCUT2D eigenvalue weighted by Crippen LogP contribution is 2.26. The zero-order valence-electron chi connectivity index (χ0n) is 9.05. The minimum Gasteiger partial charge on any atom is -0.278 e. The average Bonchev–Trinajstić information content (AvgIpc) is 2.32. The normalized spacial score (nSPS) is 9.68. The predicted octanol–water partition coefficient (Wildman–Crippen LogP) is 0.752. The van der Waals surface area contributed by atoms with Crippen LogP contribution in [0.1, 0.15) is 5.56 Å². The van der Waals surface area contributed by atoms with Gasteiger partial charge in [0.25, 0.3) is 10.0 Å². The van der Waals surface area contributed by atoms with E-state index in [0.717, 1.165) is 18.1 Å². The summed E-state index contributed by atoms with van der Waals surface area (Å²) in [6.45, 7) is 0. The lowest BCUT2D eigenvalue weighted by atomic mass is 10.2. The van der Waals surface area contributed by atoms with Crippen molar-refractivity contribution in [3.05, 3.63) is 28.9 Å². The molecular formula is C10H4FN3O4S. The van der Waals surface area contributed by atoms with Crippen LogP contribution >= 0.6 is 0 Å². The van der Waals surface area contributed by atoms with Gasteiger partial charge in [0.1, 0.15) is 23.1 Å². The lowest BCUT2D eigenvalue weighted by Crippen LogP contribution is -2.10. The lowest BCUT2D eigenvalue weighted by molar-refractivity contribution is 0.564. The molecule has 19 heavy (non-hydrogen) atoms. The number of nitrogens with zero attached hydrogens (tertiary/aromatic N) is 2. The molecule has 0 aliphatic heterocycles. The Morgan fingerprint density at radius 1 is 1.37 bits per heavy atom. The number of hydrogen-bond donors (Lipinski definition) is 1. The van der Waals surface area contributed by atoms with E-state index in [9.17, 15) is 22.4 Å². The van der Waals surface area contributed by atoms with Crippen molar-refractivity contribution in [2.24, 2.45) is 4.99 Å². The molecule has 0 spiro atoms. The molecule has 7 nitrogen and oxygen atoms in total. The maximum Gasteiger partial charge on any atom is 0.265 e. The summed E-state index contributed by atoms with van der Waals surface area (Å²) in [6, 6.07) is 3.07. The number of sulfonamides is 1. The Bertz CT molecular complexity index is 754. The van der Waals surface area contributed by atoms with Crippen molar-refractivity contribution in [3.8, 4) is 6.07 Å². The standard InChI is InChI=1S/C10H4FN3O4S/c11-8-3-7(5-12)9(4-10(8)13-6-16)14-19(17,18)2-1-15/h2-4,14H. The van der Waals surface area contributed by atoms with Gasteiger partial charge in [-0.3, -0.25) is 4.72 Å². The second-order valence-corrected chi connectivity index (χ2v) is 4.58. The van der Waals surface area contributed by atoms with Crippen LogP contribution in [-0.4, -0.2) is 20.4 Å². The van der Waals surface area contributed by atoms with E-state index in [-0.39, 0.29) is 16.7 Å². The van der Waals surface area contributed by atoms with E-state index in [1.165, 1.54) is 0 Å². The Kier molecular flexibility index (Phi) is 4.29. The van der Waals surface area contributed by atoms with Gasteiger partial charge in [0.2, 0.25) is 6.08 Å². The van der Waals surface area contributed by atoms with E-state index in [1.807, 2.05) is 4.72 Å². The third-order valence-electron chi connectivity index (χ3n) is 1.83. The first-order chi connectivity index (χ1) is 8.93. The molecule has 96 valence electrons. The van der Waals surface area contributed by atoms with Gasteiger partial charge < -0.3 is 0 Å². The van der Waals surface area contributed by atoms with Crippen LogP contribution in [0.25, 0.3) is 0 Å². The van der Waals surface area contributed by atoms with Gasteiger partial charge in [0, 0.05) is 0 Å². The van der Waals surface area contributed by atoms with Gasteiger partial charge in [-0.05, 0) is 12.1 Å². The number of anilines is 1. The number of benzene rings is 1. The maximum atomic E-state index is 13.3. The minimum atomic E-state index is -4.17. The van der Waals surface area contributed by atoms with Crippen LogP contribution in [0.5, 0.6) is 0 Å². The number of isocyanates is 1. The van der Waals surface area contributed by atoms with E-state index in [4.69, 9.17) is 5.26 Å². The molecule has 1 N–H and O–H groups in total. The van der Waals surface area contributed by atoms with Crippen molar-refractivity contribution < 1.29 is 22.4 Å². The van der Waals surface area contributed by atoms with E-state index in [2.05, 4.69) is 4.99 Å². The van der Waals surface area contributed by atoms with Crippen LogP contribution in [-0.2, 0) is 19.6 Å². The molecule has 1 aromatic carbocycles. The van der Waals surface area contributed by atoms with Crippen LogP contribution in [0.15, 0.2) is 22.5 Å². The molecule has 0 fully saturated rings. The molecule has 0 aliphatic carbocycles. The predicted molar refractivity (Wildman–Crippen MR) is 61.7 cm³/mol. The van der Waals surface area contributed by atoms with E-state index in [1.54, 1.807) is 6.07 Å². The highest BCUT2D eigenvalue weighted by Gasteiger charge is 2.14. The molecule has 0 aromatic heterocycles. The summed E-state index contributed by atoms with van der Waals surface area (Å²) in [5.74, 6) is 0.0568. The summed E-state index contributed by atoms with van der Waals surface area (Å²) in [6.07, 6.45) is 1.08. The fourth-order valence-corrected chi connectivity index (χ4v) is 1.78. The summed E-state index contributed by atoms with van der Waals surface area (Å²) in [5, 5.41) is 8.94. The van der Waals surface area contributed by atoms with Gasteiger partial charge in [-0.15, -0.1) is 0 Å². The molecule has 0 atom stereocenters. The summed E-state index contributed by atoms with van der Waals surface area (Å²) in [5.41, 5.74) is -1.17. The molecule has 0 bridgehead atoms. The summed E-state index contributed by atoms with van der Waals surface area (Å²) < 4.78 is 37.7. The Balaban J connectivity index is 3.42. The van der Waals surface area contributed by atoms with Crippen molar-refractivity contribution in [3.63, 3.8) is 0 Å². The topological polar surface area (TPSA) is 116 Å². The van der Waals surface area contributed by atoms with E-state index < -0.39 is 21.5 Å². The van der Waals surface area contributed by atoms with Crippen LogP contribution in [0.3, 0.4) is 0 Å². The second kappa shape index (κ2) is 5.71. The molecule has 0 saturated heterocycles. The Labute approximate surface area is 106 Å². The number of nitrogens with one attached hydrogen (secondary N) is 1. The molecule has 0 heterocycles. The molecule has 0 unspecified atom stereocenters. The largest absolute Gasteiger partial charge is 0.278 e. The van der Waals surface area contributed by atoms with Crippen molar-refractivity contribution in [2.45, 2.75) is 0 Å². The summed E-state index contributed by atoms with van der Waals surface area (Å²) in [7, 11) is -4.17. The molecule has 1 rings (SSSR count). The second-order valence-electron chi connectivity index (χ2n) is 3.05. The average molecular weight is 281 g/mol. The Morgan fingerprint density at radius 2 is 2.05 bits per heavy atom. The molecule has 0 saturated carbocycles. The van der Waals surface area contributed by atoms with Crippen LogP contribution in [0, 0.1) is 17.1 Å².